The molecular weight excluding hydrogens is 299 g/mol. The van der Waals surface area contributed by atoms with Crippen LogP contribution in [-0.4, -0.2) is 52.0 Å². The number of azide groups is 1. The number of aliphatic hydroxyl groups is 2. The molecule has 122 valence electrons. The van der Waals surface area contributed by atoms with E-state index in [1.54, 1.807) is 6.92 Å². The summed E-state index contributed by atoms with van der Waals surface area (Å²) in [4.78, 5) is 14.5. The highest BCUT2D eigenvalue weighted by Gasteiger charge is 2.57. The normalized spacial score (nSPS) is 32.0. The number of alkyl halides is 1. The van der Waals surface area contributed by atoms with Gasteiger partial charge in [0.25, 0.3) is 0 Å². The monoisotopic (exact) mass is 316 g/mol. The second-order valence-electron chi connectivity index (χ2n) is 4.44. The summed E-state index contributed by atoms with van der Waals surface area (Å²) < 4.78 is 19.3. The highest BCUT2D eigenvalue weighted by molar-refractivity contribution is 5.73. The van der Waals surface area contributed by atoms with Crippen molar-refractivity contribution in [3.05, 3.63) is 34.5 Å². The van der Waals surface area contributed by atoms with Gasteiger partial charge in [-0.05, 0) is 18.5 Å². The van der Waals surface area contributed by atoms with Crippen LogP contribution in [0.4, 0.5) is 9.18 Å². The number of nitrogens with two attached hydrogens (primary N) is 2. The van der Waals surface area contributed by atoms with Gasteiger partial charge >= 0.3 is 6.03 Å². The standard InChI is InChI=1S/C11H17FN6O4/c1-2-6(13)3-4-18(10(14)21)9-7(12)8(20)11(5-19,22-9)16-17-15/h2-4,7-9,19-20H,5,13H2,1H3,(H2,14,21)/b4-3-,6-2+/t7-,8+,9-,11?/m1/s1. The van der Waals surface area contributed by atoms with Crippen LogP contribution in [0.3, 0.4) is 0 Å². The lowest BCUT2D eigenvalue weighted by Gasteiger charge is -2.26. The van der Waals surface area contributed by atoms with Crippen molar-refractivity contribution in [3.8, 4) is 0 Å². The Labute approximate surface area is 125 Å². The molecule has 0 aromatic carbocycles. The minimum absolute atomic E-state index is 0.267. The van der Waals surface area contributed by atoms with Crippen molar-refractivity contribution in [3.63, 3.8) is 0 Å². The highest BCUT2D eigenvalue weighted by Crippen LogP contribution is 2.36. The van der Waals surface area contributed by atoms with Crippen molar-refractivity contribution < 1.29 is 24.1 Å². The Kier molecular flexibility index (Phi) is 5.71. The zero-order valence-electron chi connectivity index (χ0n) is 11.7. The van der Waals surface area contributed by atoms with Gasteiger partial charge in [-0.15, -0.1) is 0 Å². The molecule has 22 heavy (non-hydrogen) atoms. The fraction of sp³-hybridized carbons (Fsp3) is 0.545. The van der Waals surface area contributed by atoms with Crippen LogP contribution in [0.1, 0.15) is 6.92 Å². The maximum atomic E-state index is 14.2. The Morgan fingerprint density at radius 1 is 1.64 bits per heavy atom. The predicted molar refractivity (Wildman–Crippen MR) is 73.2 cm³/mol. The minimum atomic E-state index is -2.24. The van der Waals surface area contributed by atoms with Crippen LogP contribution < -0.4 is 11.5 Å². The molecule has 1 fully saturated rings. The van der Waals surface area contributed by atoms with Crippen molar-refractivity contribution in [2.45, 2.75) is 31.2 Å². The average molecular weight is 316 g/mol. The van der Waals surface area contributed by atoms with Crippen LogP contribution in [0.5, 0.6) is 0 Å². The molecular formula is C11H17FN6O4. The molecule has 0 radical (unpaired) electrons. The van der Waals surface area contributed by atoms with E-state index in [-0.39, 0.29) is 5.70 Å². The summed E-state index contributed by atoms with van der Waals surface area (Å²) in [5.74, 6) is 0. The first-order valence-corrected chi connectivity index (χ1v) is 6.17. The Bertz CT molecular complexity index is 535. The number of allylic oxidation sites excluding steroid dienone is 2. The Balaban J connectivity index is 3.14. The van der Waals surface area contributed by atoms with Gasteiger partial charge in [-0.25, -0.2) is 9.18 Å². The van der Waals surface area contributed by atoms with E-state index in [1.165, 1.54) is 12.2 Å². The Hall–Kier alpha value is -2.33. The van der Waals surface area contributed by atoms with Gasteiger partial charge in [0.2, 0.25) is 5.72 Å². The van der Waals surface area contributed by atoms with Crippen molar-refractivity contribution in [2.75, 3.05) is 6.61 Å². The molecule has 1 unspecified atom stereocenters. The van der Waals surface area contributed by atoms with Gasteiger partial charge in [-0.2, -0.15) is 0 Å². The number of carbonyl (C=O) groups excluding carboxylic acids is 1. The number of aliphatic hydroxyl groups excluding tert-OH is 2. The molecule has 1 saturated heterocycles. The largest absolute Gasteiger partial charge is 0.399 e. The van der Waals surface area contributed by atoms with E-state index in [0.29, 0.717) is 4.90 Å². The maximum absolute atomic E-state index is 14.2. The topological polar surface area (TPSA) is 171 Å². The maximum Gasteiger partial charge on any atom is 0.321 e. The van der Waals surface area contributed by atoms with Crippen LogP contribution in [0, 0.1) is 0 Å². The highest BCUT2D eigenvalue weighted by atomic mass is 19.1. The van der Waals surface area contributed by atoms with Gasteiger partial charge < -0.3 is 26.4 Å². The van der Waals surface area contributed by atoms with Gasteiger partial charge in [-0.3, -0.25) is 4.90 Å². The Morgan fingerprint density at radius 2 is 2.27 bits per heavy atom. The number of urea groups is 1. The average Bonchev–Trinajstić information content (AvgIpc) is 2.73. The molecule has 2 amide bonds. The zero-order valence-corrected chi connectivity index (χ0v) is 11.7. The first-order chi connectivity index (χ1) is 10.3. The number of amides is 2. The van der Waals surface area contributed by atoms with E-state index in [9.17, 15) is 19.4 Å². The molecule has 1 aliphatic rings. The number of ether oxygens (including phenoxy) is 1. The fourth-order valence-corrected chi connectivity index (χ4v) is 1.83. The van der Waals surface area contributed by atoms with Crippen LogP contribution in [0.2, 0.25) is 0 Å². The van der Waals surface area contributed by atoms with Gasteiger partial charge in [0.15, 0.2) is 12.4 Å². The summed E-state index contributed by atoms with van der Waals surface area (Å²) in [7, 11) is 0. The summed E-state index contributed by atoms with van der Waals surface area (Å²) in [6.45, 7) is 0.656. The number of primary amides is 1. The summed E-state index contributed by atoms with van der Waals surface area (Å²) in [5, 5.41) is 22.1. The lowest BCUT2D eigenvalue weighted by Crippen LogP contribution is -2.45. The molecule has 6 N–H and O–H groups in total. The quantitative estimate of drug-likeness (QED) is 0.237. The molecule has 1 rings (SSSR count). The number of carbonyl (C=O) groups is 1. The van der Waals surface area contributed by atoms with E-state index in [1.807, 2.05) is 0 Å². The molecule has 10 nitrogen and oxygen atoms in total. The summed E-state index contributed by atoms with van der Waals surface area (Å²) in [6.07, 6.45) is -1.99. The predicted octanol–water partition coefficient (Wildman–Crippen LogP) is -0.202. The first kappa shape index (κ1) is 17.7. The third-order valence-electron chi connectivity index (χ3n) is 3.09. The van der Waals surface area contributed by atoms with Crippen molar-refractivity contribution in [2.24, 2.45) is 16.6 Å². The zero-order chi connectivity index (χ0) is 16.9. The van der Waals surface area contributed by atoms with Crippen molar-refractivity contribution >= 4 is 6.03 Å². The van der Waals surface area contributed by atoms with E-state index < -0.39 is 36.9 Å². The molecule has 0 aromatic heterocycles. The van der Waals surface area contributed by atoms with Crippen LogP contribution in [0.25, 0.3) is 10.4 Å². The Morgan fingerprint density at radius 3 is 2.73 bits per heavy atom. The molecule has 4 atom stereocenters. The molecule has 11 heteroatoms. The second kappa shape index (κ2) is 7.09. The summed E-state index contributed by atoms with van der Waals surface area (Å²) >= 11 is 0. The smallest absolute Gasteiger partial charge is 0.321 e. The molecule has 0 spiro atoms. The van der Waals surface area contributed by atoms with E-state index in [4.69, 9.17) is 21.7 Å². The van der Waals surface area contributed by atoms with Gasteiger partial charge in [0.05, 0.1) is 6.61 Å². The number of hydrogen-bond acceptors (Lipinski definition) is 6. The fourth-order valence-electron chi connectivity index (χ4n) is 1.83. The number of halogens is 1. The van der Waals surface area contributed by atoms with Crippen molar-refractivity contribution in [1.82, 2.24) is 4.90 Å². The number of rotatable bonds is 5. The van der Waals surface area contributed by atoms with E-state index in [0.717, 1.165) is 6.20 Å². The van der Waals surface area contributed by atoms with Crippen LogP contribution in [0.15, 0.2) is 29.2 Å². The second-order valence-corrected chi connectivity index (χ2v) is 4.44. The SMILES string of the molecule is C/C=C(N)\C=C/N(C(N)=O)[C@@H]1OC(CO)(N=[N+]=[N-])[C@@H](O)[C@H]1F. The molecule has 0 aromatic rings. The molecule has 0 aliphatic carbocycles. The third-order valence-corrected chi connectivity index (χ3v) is 3.09. The first-order valence-electron chi connectivity index (χ1n) is 6.17. The molecule has 0 bridgehead atoms. The van der Waals surface area contributed by atoms with E-state index >= 15 is 0 Å². The van der Waals surface area contributed by atoms with E-state index in [2.05, 4.69) is 10.0 Å². The van der Waals surface area contributed by atoms with Gasteiger partial charge in [0, 0.05) is 16.8 Å². The summed E-state index contributed by atoms with van der Waals surface area (Å²) in [5.41, 5.74) is 17.1. The molecule has 1 aliphatic heterocycles. The lowest BCUT2D eigenvalue weighted by molar-refractivity contribution is -0.127. The lowest BCUT2D eigenvalue weighted by atomic mass is 10.1. The minimum Gasteiger partial charge on any atom is -0.399 e. The van der Waals surface area contributed by atoms with Crippen molar-refractivity contribution in [1.29, 1.82) is 0 Å². The number of nitrogens with zero attached hydrogens (tertiary/aromatic N) is 4. The van der Waals surface area contributed by atoms with Crippen LogP contribution >= 0.6 is 0 Å². The summed E-state index contributed by atoms with van der Waals surface area (Å²) in [6, 6.07) is -1.09. The van der Waals surface area contributed by atoms with Gasteiger partial charge in [-0.1, -0.05) is 11.2 Å². The third kappa shape index (κ3) is 3.28. The van der Waals surface area contributed by atoms with Crippen LogP contribution in [-0.2, 0) is 4.74 Å². The van der Waals surface area contributed by atoms with Gasteiger partial charge in [0.1, 0.15) is 6.10 Å². The molecule has 0 saturated carbocycles. The number of hydrogen-bond donors (Lipinski definition) is 4. The molecule has 1 heterocycles.